The van der Waals surface area contributed by atoms with Gasteiger partial charge in [-0.05, 0) is 19.8 Å². The van der Waals surface area contributed by atoms with Crippen molar-refractivity contribution in [3.8, 4) is 0 Å². The minimum absolute atomic E-state index is 0.328. The Morgan fingerprint density at radius 1 is 1.70 bits per heavy atom. The van der Waals surface area contributed by atoms with Crippen LogP contribution in [0.25, 0.3) is 0 Å². The maximum absolute atomic E-state index is 12.6. The third-order valence-corrected chi connectivity index (χ3v) is 2.01. The van der Waals surface area contributed by atoms with Crippen LogP contribution in [0.2, 0.25) is 0 Å². The van der Waals surface area contributed by atoms with Crippen LogP contribution < -0.4 is 0 Å². The molecular weight excluding hydrogens is 135 g/mol. The number of nitrogens with zero attached hydrogens (tertiary/aromatic N) is 2. The van der Waals surface area contributed by atoms with E-state index in [0.29, 0.717) is 11.7 Å². The molecule has 1 aliphatic heterocycles. The van der Waals surface area contributed by atoms with Crippen molar-refractivity contribution in [2.45, 2.75) is 31.8 Å². The van der Waals surface area contributed by atoms with Gasteiger partial charge in [-0.3, -0.25) is 0 Å². The molecule has 0 aliphatic carbocycles. The monoisotopic (exact) mass is 146 g/mol. The van der Waals surface area contributed by atoms with Crippen molar-refractivity contribution in [1.29, 1.82) is 0 Å². The van der Waals surface area contributed by atoms with Crippen molar-refractivity contribution >= 4 is 0 Å². The first kappa shape index (κ1) is 7.60. The molecule has 4 heteroatoms. The van der Waals surface area contributed by atoms with E-state index in [1.807, 2.05) is 0 Å². The van der Waals surface area contributed by atoms with Gasteiger partial charge in [-0.25, -0.2) is 0 Å². The molecule has 0 amide bonds. The molecule has 2 atom stereocenters. The smallest absolute Gasteiger partial charge is 0.110 e. The fourth-order valence-electron chi connectivity index (χ4n) is 1.22. The first-order chi connectivity index (χ1) is 4.75. The molecule has 1 saturated heterocycles. The highest BCUT2D eigenvalue weighted by atomic mass is 19.2. The summed E-state index contributed by atoms with van der Waals surface area (Å²) < 4.78 is 12.6. The van der Waals surface area contributed by atoms with Crippen molar-refractivity contribution in [2.75, 3.05) is 6.54 Å². The number of rotatable bonds is 1. The first-order valence-electron chi connectivity index (χ1n) is 3.50. The van der Waals surface area contributed by atoms with Crippen molar-refractivity contribution in [1.82, 2.24) is 5.12 Å². The molecule has 0 spiro atoms. The molecule has 0 aromatic heterocycles. The van der Waals surface area contributed by atoms with Gasteiger partial charge in [0.25, 0.3) is 0 Å². The highest BCUT2D eigenvalue weighted by Crippen LogP contribution is 2.19. The minimum atomic E-state index is -0.348. The van der Waals surface area contributed by atoms with Gasteiger partial charge in [0, 0.05) is 6.54 Å². The maximum Gasteiger partial charge on any atom is 0.110 e. The molecule has 0 saturated carbocycles. The van der Waals surface area contributed by atoms with E-state index in [1.54, 1.807) is 6.92 Å². The van der Waals surface area contributed by atoms with Gasteiger partial charge in [0.1, 0.15) is 6.04 Å². The van der Waals surface area contributed by atoms with Crippen LogP contribution in [0.3, 0.4) is 0 Å². The summed E-state index contributed by atoms with van der Waals surface area (Å²) in [6, 6.07) is -0.676. The lowest BCUT2D eigenvalue weighted by Gasteiger charge is -2.28. The lowest BCUT2D eigenvalue weighted by molar-refractivity contribution is -0.0448. The summed E-state index contributed by atoms with van der Waals surface area (Å²) in [5.74, 6) is 0. The molecule has 10 heavy (non-hydrogen) atoms. The third-order valence-electron chi connectivity index (χ3n) is 2.01. The normalized spacial score (nSPS) is 35.8. The predicted octanol–water partition coefficient (Wildman–Crippen LogP) is 1.49. The van der Waals surface area contributed by atoms with Crippen LogP contribution in [0, 0.1) is 4.91 Å². The van der Waals surface area contributed by atoms with Gasteiger partial charge in [-0.2, -0.15) is 4.91 Å². The highest BCUT2D eigenvalue weighted by molar-refractivity contribution is 4.81. The third kappa shape index (κ3) is 1.31. The van der Waals surface area contributed by atoms with E-state index in [9.17, 15) is 9.39 Å². The number of halogens is 1. The Kier molecular flexibility index (Phi) is 2.32. The average molecular weight is 146 g/mol. The Hall–Kier alpha value is -0.510. The van der Waals surface area contributed by atoms with Crippen LogP contribution in [0.4, 0.5) is 4.48 Å². The molecular formula is C6H11FN2O. The average Bonchev–Trinajstić information content (AvgIpc) is 1.95. The van der Waals surface area contributed by atoms with Crippen molar-refractivity contribution in [3.05, 3.63) is 4.91 Å². The molecule has 0 aromatic rings. The molecule has 1 heterocycles. The molecule has 1 aliphatic rings. The van der Waals surface area contributed by atoms with Gasteiger partial charge in [0.15, 0.2) is 0 Å². The summed E-state index contributed by atoms with van der Waals surface area (Å²) in [6.45, 7) is 2.12. The van der Waals surface area contributed by atoms with Crippen LogP contribution in [0.15, 0.2) is 5.18 Å². The summed E-state index contributed by atoms with van der Waals surface area (Å²) in [5.41, 5.74) is 0. The minimum Gasteiger partial charge on any atom is -0.150 e. The predicted molar refractivity (Wildman–Crippen MR) is 36.1 cm³/mol. The van der Waals surface area contributed by atoms with Crippen LogP contribution in [-0.4, -0.2) is 23.8 Å². The molecule has 0 N–H and O–H groups in total. The van der Waals surface area contributed by atoms with E-state index in [4.69, 9.17) is 0 Å². The van der Waals surface area contributed by atoms with Crippen LogP contribution >= 0.6 is 0 Å². The van der Waals surface area contributed by atoms with E-state index >= 15 is 0 Å². The lowest BCUT2D eigenvalue weighted by atomic mass is 10.0. The fraction of sp³-hybridized carbons (Fsp3) is 1.00. The van der Waals surface area contributed by atoms with Crippen molar-refractivity contribution in [2.24, 2.45) is 5.18 Å². The zero-order valence-electron chi connectivity index (χ0n) is 5.96. The molecule has 1 fully saturated rings. The standard InChI is InChI=1S/C6H11FN2O/c1-5-6(8-10)3-2-4-9(5)7/h5-6H,2-4H2,1H3. The quantitative estimate of drug-likeness (QED) is 0.414. The molecule has 0 aromatic carbocycles. The second-order valence-corrected chi connectivity index (χ2v) is 2.68. The molecule has 2 unspecified atom stereocenters. The van der Waals surface area contributed by atoms with E-state index in [2.05, 4.69) is 5.18 Å². The zero-order valence-corrected chi connectivity index (χ0v) is 5.96. The fourth-order valence-corrected chi connectivity index (χ4v) is 1.22. The van der Waals surface area contributed by atoms with Gasteiger partial charge in [-0.15, -0.1) is 9.60 Å². The Bertz CT molecular complexity index is 131. The number of hydrogen-bond donors (Lipinski definition) is 0. The zero-order chi connectivity index (χ0) is 7.56. The molecule has 58 valence electrons. The molecule has 1 rings (SSSR count). The largest absolute Gasteiger partial charge is 0.150 e. The Morgan fingerprint density at radius 3 is 2.90 bits per heavy atom. The van der Waals surface area contributed by atoms with Gasteiger partial charge in [-0.1, -0.05) is 5.18 Å². The van der Waals surface area contributed by atoms with Gasteiger partial charge in [0.2, 0.25) is 0 Å². The summed E-state index contributed by atoms with van der Waals surface area (Å²) in [7, 11) is 0. The number of piperidine rings is 1. The summed E-state index contributed by atoms with van der Waals surface area (Å²) >= 11 is 0. The summed E-state index contributed by atoms with van der Waals surface area (Å²) in [4.78, 5) is 10.1. The maximum atomic E-state index is 12.6. The number of hydrogen-bond acceptors (Lipinski definition) is 3. The topological polar surface area (TPSA) is 32.7 Å². The van der Waals surface area contributed by atoms with Gasteiger partial charge in [0.05, 0.1) is 6.04 Å². The highest BCUT2D eigenvalue weighted by Gasteiger charge is 2.28. The summed E-state index contributed by atoms with van der Waals surface area (Å²) in [5, 5.41) is 3.54. The second-order valence-electron chi connectivity index (χ2n) is 2.68. The van der Waals surface area contributed by atoms with Crippen LogP contribution in [-0.2, 0) is 0 Å². The Labute approximate surface area is 59.1 Å². The second kappa shape index (κ2) is 3.05. The Balaban J connectivity index is 2.50. The lowest BCUT2D eigenvalue weighted by Crippen LogP contribution is -2.40. The van der Waals surface area contributed by atoms with E-state index in [1.165, 1.54) is 0 Å². The van der Waals surface area contributed by atoms with Crippen molar-refractivity contribution < 1.29 is 4.48 Å². The van der Waals surface area contributed by atoms with Gasteiger partial charge < -0.3 is 0 Å². The molecule has 0 bridgehead atoms. The molecule has 0 radical (unpaired) electrons. The van der Waals surface area contributed by atoms with Crippen molar-refractivity contribution in [3.63, 3.8) is 0 Å². The number of nitroso groups, excluding NO2 is 1. The first-order valence-corrected chi connectivity index (χ1v) is 3.50. The van der Waals surface area contributed by atoms with Crippen LogP contribution in [0.5, 0.6) is 0 Å². The molecule has 3 nitrogen and oxygen atoms in total. The van der Waals surface area contributed by atoms with E-state index in [-0.39, 0.29) is 12.1 Å². The van der Waals surface area contributed by atoms with E-state index < -0.39 is 0 Å². The summed E-state index contributed by atoms with van der Waals surface area (Å²) in [6.07, 6.45) is 1.46. The Morgan fingerprint density at radius 2 is 2.40 bits per heavy atom. The van der Waals surface area contributed by atoms with Gasteiger partial charge >= 0.3 is 0 Å². The van der Waals surface area contributed by atoms with Crippen LogP contribution in [0.1, 0.15) is 19.8 Å². The van der Waals surface area contributed by atoms with E-state index in [0.717, 1.165) is 12.8 Å². The SMILES string of the molecule is CC1C(N=O)CCCN1F.